The van der Waals surface area contributed by atoms with Crippen molar-refractivity contribution in [2.24, 2.45) is 0 Å². The van der Waals surface area contributed by atoms with Gasteiger partial charge in [-0.2, -0.15) is 5.10 Å². The summed E-state index contributed by atoms with van der Waals surface area (Å²) in [6.45, 7) is 6.23. The van der Waals surface area contributed by atoms with Gasteiger partial charge in [0.2, 0.25) is 5.91 Å². The van der Waals surface area contributed by atoms with Gasteiger partial charge in [-0.1, -0.05) is 43.7 Å². The zero-order valence-electron chi connectivity index (χ0n) is 14.9. The summed E-state index contributed by atoms with van der Waals surface area (Å²) in [5, 5.41) is 8.32. The molecule has 130 valence electrons. The smallest absolute Gasteiger partial charge is 0.231 e. The van der Waals surface area contributed by atoms with Gasteiger partial charge in [-0.3, -0.25) is 4.79 Å². The molecule has 0 spiro atoms. The third-order valence-electron chi connectivity index (χ3n) is 4.29. The molecule has 1 amide bonds. The van der Waals surface area contributed by atoms with E-state index in [4.69, 9.17) is 0 Å². The summed E-state index contributed by atoms with van der Waals surface area (Å²) < 4.78 is 1.88. The molecule has 3 aromatic rings. The van der Waals surface area contributed by atoms with Crippen molar-refractivity contribution in [1.82, 2.24) is 14.8 Å². The maximum absolute atomic E-state index is 12.8. The van der Waals surface area contributed by atoms with E-state index in [0.29, 0.717) is 5.69 Å². The van der Waals surface area contributed by atoms with Gasteiger partial charge < -0.3 is 5.32 Å². The second-order valence-electron chi connectivity index (χ2n) is 6.56. The predicted octanol–water partition coefficient (Wildman–Crippen LogP) is 4.53. The summed E-state index contributed by atoms with van der Waals surface area (Å²) in [6, 6.07) is 12.1. The number of aromatic nitrogens is 3. The minimum Gasteiger partial charge on any atom is -0.324 e. The van der Waals surface area contributed by atoms with Crippen LogP contribution in [0, 0.1) is 0 Å². The van der Waals surface area contributed by atoms with Crippen LogP contribution in [-0.2, 0) is 4.79 Å². The van der Waals surface area contributed by atoms with E-state index < -0.39 is 0 Å². The molecule has 3 rings (SSSR count). The molecule has 1 N–H and O–H groups in total. The third kappa shape index (κ3) is 3.71. The lowest BCUT2D eigenvalue weighted by Gasteiger charge is -2.16. The van der Waals surface area contributed by atoms with Gasteiger partial charge in [0.05, 0.1) is 24.0 Å². The Hall–Kier alpha value is -2.69. The molecule has 0 fully saturated rings. The molecular weight excluding hydrogens is 312 g/mol. The lowest BCUT2D eigenvalue weighted by Crippen LogP contribution is -2.21. The number of nitrogens with one attached hydrogen (secondary N) is 1. The summed E-state index contributed by atoms with van der Waals surface area (Å²) >= 11 is 0. The van der Waals surface area contributed by atoms with E-state index in [0.717, 1.165) is 29.4 Å². The van der Waals surface area contributed by atoms with E-state index in [1.165, 1.54) is 0 Å². The topological polar surface area (TPSA) is 59.8 Å². The summed E-state index contributed by atoms with van der Waals surface area (Å²) in [6.07, 6.45) is 5.26. The van der Waals surface area contributed by atoms with Gasteiger partial charge in [-0.05, 0) is 31.9 Å². The second kappa shape index (κ2) is 7.47. The van der Waals surface area contributed by atoms with Crippen LogP contribution in [0.5, 0.6) is 0 Å². The highest BCUT2D eigenvalue weighted by atomic mass is 16.1. The standard InChI is InChI=1S/C20H24N4O/c1-4-8-18(15-9-6-5-7-10-15)20(25)23-17-11-16-12-22-24(14(2)3)19(16)21-13-17/h5-7,9-14,18H,4,8H2,1-3H3,(H,23,25)/t18-/m0/s1. The molecule has 1 aromatic carbocycles. The highest BCUT2D eigenvalue weighted by Gasteiger charge is 2.20. The van der Waals surface area contributed by atoms with Crippen LogP contribution in [0.15, 0.2) is 48.8 Å². The fourth-order valence-corrected chi connectivity index (χ4v) is 3.04. The minimum atomic E-state index is -0.153. The normalized spacial score (nSPS) is 12.5. The number of rotatable bonds is 6. The van der Waals surface area contributed by atoms with E-state index in [1.807, 2.05) is 41.1 Å². The lowest BCUT2D eigenvalue weighted by molar-refractivity contribution is -0.117. The SMILES string of the molecule is CCC[C@H](C(=O)Nc1cnc2c(cnn2C(C)C)c1)c1ccccc1. The lowest BCUT2D eigenvalue weighted by atomic mass is 9.93. The molecule has 1 atom stereocenters. The van der Waals surface area contributed by atoms with Crippen LogP contribution in [0.4, 0.5) is 5.69 Å². The van der Waals surface area contributed by atoms with Gasteiger partial charge in [-0.25, -0.2) is 9.67 Å². The van der Waals surface area contributed by atoms with Crippen molar-refractivity contribution in [3.63, 3.8) is 0 Å². The molecule has 0 aliphatic rings. The van der Waals surface area contributed by atoms with Crippen molar-refractivity contribution in [2.75, 3.05) is 5.32 Å². The van der Waals surface area contributed by atoms with Crippen LogP contribution in [0.3, 0.4) is 0 Å². The molecule has 0 aliphatic heterocycles. The van der Waals surface area contributed by atoms with Crippen LogP contribution < -0.4 is 5.32 Å². The molecule has 0 unspecified atom stereocenters. The van der Waals surface area contributed by atoms with Crippen LogP contribution in [0.25, 0.3) is 11.0 Å². The van der Waals surface area contributed by atoms with Gasteiger partial charge in [0.15, 0.2) is 5.65 Å². The molecule has 2 aromatic heterocycles. The first kappa shape index (κ1) is 17.1. The van der Waals surface area contributed by atoms with Gasteiger partial charge in [0.25, 0.3) is 0 Å². The molecule has 5 heteroatoms. The van der Waals surface area contributed by atoms with Crippen LogP contribution in [0.1, 0.15) is 51.1 Å². The number of pyridine rings is 1. The molecule has 0 aliphatic carbocycles. The molecule has 2 heterocycles. The number of benzene rings is 1. The Labute approximate surface area is 148 Å². The maximum Gasteiger partial charge on any atom is 0.231 e. The number of hydrogen-bond acceptors (Lipinski definition) is 3. The summed E-state index contributed by atoms with van der Waals surface area (Å²) in [7, 11) is 0. The van der Waals surface area contributed by atoms with Gasteiger partial charge in [0, 0.05) is 11.4 Å². The van der Waals surface area contributed by atoms with Crippen molar-refractivity contribution >= 4 is 22.6 Å². The summed E-state index contributed by atoms with van der Waals surface area (Å²) in [4.78, 5) is 17.3. The van der Waals surface area contributed by atoms with Crippen molar-refractivity contribution in [2.45, 2.75) is 45.6 Å². The van der Waals surface area contributed by atoms with Crippen LogP contribution in [0.2, 0.25) is 0 Å². The largest absolute Gasteiger partial charge is 0.324 e. The number of amides is 1. The monoisotopic (exact) mass is 336 g/mol. The zero-order valence-corrected chi connectivity index (χ0v) is 14.9. The molecule has 0 saturated carbocycles. The van der Waals surface area contributed by atoms with E-state index in [1.54, 1.807) is 12.4 Å². The van der Waals surface area contributed by atoms with Gasteiger partial charge in [0.1, 0.15) is 0 Å². The molecule has 5 nitrogen and oxygen atoms in total. The average Bonchev–Trinajstić information content (AvgIpc) is 3.03. The Morgan fingerprint density at radius 3 is 2.64 bits per heavy atom. The predicted molar refractivity (Wildman–Crippen MR) is 101 cm³/mol. The number of carbonyl (C=O) groups is 1. The molecule has 25 heavy (non-hydrogen) atoms. The molecule has 0 bridgehead atoms. The first-order valence-corrected chi connectivity index (χ1v) is 8.79. The first-order chi connectivity index (χ1) is 12.1. The van der Waals surface area contributed by atoms with Crippen molar-refractivity contribution in [3.05, 3.63) is 54.4 Å². The second-order valence-corrected chi connectivity index (χ2v) is 6.56. The van der Waals surface area contributed by atoms with Crippen molar-refractivity contribution in [1.29, 1.82) is 0 Å². The quantitative estimate of drug-likeness (QED) is 0.719. The fraction of sp³-hybridized carbons (Fsp3) is 0.350. The number of fused-ring (bicyclic) bond motifs is 1. The zero-order chi connectivity index (χ0) is 17.8. The van der Waals surface area contributed by atoms with E-state index in [2.05, 4.69) is 36.2 Å². The molecular formula is C20H24N4O. The molecule has 0 saturated heterocycles. The van der Waals surface area contributed by atoms with E-state index in [9.17, 15) is 4.79 Å². The Balaban J connectivity index is 1.82. The Bertz CT molecular complexity index is 855. The number of anilines is 1. The minimum absolute atomic E-state index is 0.00505. The fourth-order valence-electron chi connectivity index (χ4n) is 3.04. The Kier molecular flexibility index (Phi) is 5.12. The van der Waals surface area contributed by atoms with E-state index in [-0.39, 0.29) is 17.9 Å². The summed E-state index contributed by atoms with van der Waals surface area (Å²) in [5.74, 6) is -0.147. The van der Waals surface area contributed by atoms with Gasteiger partial charge in [-0.15, -0.1) is 0 Å². The third-order valence-corrected chi connectivity index (χ3v) is 4.29. The number of nitrogens with zero attached hydrogens (tertiary/aromatic N) is 3. The highest BCUT2D eigenvalue weighted by Crippen LogP contribution is 2.24. The van der Waals surface area contributed by atoms with Crippen molar-refractivity contribution < 1.29 is 4.79 Å². The van der Waals surface area contributed by atoms with Crippen molar-refractivity contribution in [3.8, 4) is 0 Å². The number of carbonyl (C=O) groups excluding carboxylic acids is 1. The molecule has 0 radical (unpaired) electrons. The Morgan fingerprint density at radius 1 is 1.20 bits per heavy atom. The summed E-state index contributed by atoms with van der Waals surface area (Å²) in [5.41, 5.74) is 2.59. The van der Waals surface area contributed by atoms with Crippen LogP contribution >= 0.6 is 0 Å². The number of hydrogen-bond donors (Lipinski definition) is 1. The maximum atomic E-state index is 12.8. The average molecular weight is 336 g/mol. The first-order valence-electron chi connectivity index (χ1n) is 8.79. The van der Waals surface area contributed by atoms with Gasteiger partial charge >= 0.3 is 0 Å². The van der Waals surface area contributed by atoms with E-state index >= 15 is 0 Å². The van der Waals surface area contributed by atoms with Crippen LogP contribution in [-0.4, -0.2) is 20.7 Å². The highest BCUT2D eigenvalue weighted by molar-refractivity contribution is 5.97. The Morgan fingerprint density at radius 2 is 1.96 bits per heavy atom.